The summed E-state index contributed by atoms with van der Waals surface area (Å²) in [5, 5.41) is 11.4. The number of rotatable bonds is 6. The van der Waals surface area contributed by atoms with E-state index in [-0.39, 0.29) is 24.3 Å². The Morgan fingerprint density at radius 1 is 1.37 bits per heavy atom. The molecule has 0 N–H and O–H groups in total. The molecule has 7 heteroatoms. The molecule has 1 aromatic carbocycles. The molecule has 2 aromatic rings. The Labute approximate surface area is 163 Å². The third kappa shape index (κ3) is 4.52. The smallest absolute Gasteiger partial charge is 0.229 e. The summed E-state index contributed by atoms with van der Waals surface area (Å²) in [5.41, 5.74) is 2.29. The van der Waals surface area contributed by atoms with Crippen molar-refractivity contribution in [3.63, 3.8) is 0 Å². The van der Waals surface area contributed by atoms with E-state index in [0.717, 1.165) is 12.0 Å². The zero-order chi connectivity index (χ0) is 19.4. The third-order valence-corrected chi connectivity index (χ3v) is 5.47. The van der Waals surface area contributed by atoms with Gasteiger partial charge in [-0.2, -0.15) is 5.26 Å². The molecule has 0 radical (unpaired) electrons. The van der Waals surface area contributed by atoms with Gasteiger partial charge in [-0.05, 0) is 38.0 Å². The van der Waals surface area contributed by atoms with E-state index < -0.39 is 0 Å². The number of carbonyl (C=O) groups excluding carboxylic acids is 2. The van der Waals surface area contributed by atoms with Gasteiger partial charge in [-0.15, -0.1) is 11.3 Å². The molecule has 0 atom stereocenters. The largest absolute Gasteiger partial charge is 0.336 e. The van der Waals surface area contributed by atoms with E-state index in [1.54, 1.807) is 21.9 Å². The topological polar surface area (TPSA) is 77.3 Å². The third-order valence-electron chi connectivity index (χ3n) is 4.56. The van der Waals surface area contributed by atoms with Gasteiger partial charge in [0.05, 0.1) is 23.7 Å². The molecular formula is C20H22N4O2S. The van der Waals surface area contributed by atoms with Crippen LogP contribution < -0.4 is 4.90 Å². The molecule has 6 nitrogen and oxygen atoms in total. The van der Waals surface area contributed by atoms with Crippen molar-refractivity contribution in [1.29, 1.82) is 5.26 Å². The van der Waals surface area contributed by atoms with Gasteiger partial charge in [0.25, 0.3) is 0 Å². The van der Waals surface area contributed by atoms with Crippen LogP contribution in [0, 0.1) is 11.3 Å². The van der Waals surface area contributed by atoms with Crippen LogP contribution >= 0.6 is 11.3 Å². The number of benzene rings is 1. The molecule has 0 unspecified atom stereocenters. The van der Waals surface area contributed by atoms with Gasteiger partial charge < -0.3 is 4.90 Å². The second kappa shape index (κ2) is 8.31. The molecule has 27 heavy (non-hydrogen) atoms. The molecule has 1 fully saturated rings. The first-order valence-electron chi connectivity index (χ1n) is 9.01. The fourth-order valence-corrected chi connectivity index (χ4v) is 3.92. The molecule has 0 saturated carbocycles. The van der Waals surface area contributed by atoms with Crippen molar-refractivity contribution in [3.8, 4) is 6.07 Å². The Hall–Kier alpha value is -2.72. The van der Waals surface area contributed by atoms with Crippen molar-refractivity contribution in [3.05, 3.63) is 46.5 Å². The van der Waals surface area contributed by atoms with Crippen molar-refractivity contribution in [1.82, 2.24) is 9.88 Å². The Morgan fingerprint density at radius 3 is 2.70 bits per heavy atom. The lowest BCUT2D eigenvalue weighted by atomic mass is 10.1. The minimum Gasteiger partial charge on any atom is -0.336 e. The predicted octanol–water partition coefficient (Wildman–Crippen LogP) is 3.12. The van der Waals surface area contributed by atoms with Gasteiger partial charge in [-0.3, -0.25) is 14.5 Å². The van der Waals surface area contributed by atoms with E-state index in [1.807, 2.05) is 31.4 Å². The summed E-state index contributed by atoms with van der Waals surface area (Å²) in [6, 6.07) is 9.42. The Balaban J connectivity index is 1.67. The molecule has 3 rings (SSSR count). The van der Waals surface area contributed by atoms with Crippen molar-refractivity contribution in [2.75, 3.05) is 11.4 Å². The zero-order valence-electron chi connectivity index (χ0n) is 15.5. The summed E-state index contributed by atoms with van der Waals surface area (Å²) in [4.78, 5) is 32.7. The van der Waals surface area contributed by atoms with Crippen LogP contribution in [0.5, 0.6) is 0 Å². The minimum atomic E-state index is -0.000965. The zero-order valence-corrected chi connectivity index (χ0v) is 16.3. The number of hydrogen-bond donors (Lipinski definition) is 0. The van der Waals surface area contributed by atoms with Crippen molar-refractivity contribution < 1.29 is 9.59 Å². The number of hydrogen-bond acceptors (Lipinski definition) is 5. The second-order valence-corrected chi connectivity index (χ2v) is 7.71. The van der Waals surface area contributed by atoms with Gasteiger partial charge in [0.2, 0.25) is 11.8 Å². The molecule has 0 aliphatic carbocycles. The van der Waals surface area contributed by atoms with Crippen LogP contribution in [0.1, 0.15) is 43.5 Å². The molecule has 1 saturated heterocycles. The number of thiazole rings is 1. The Bertz CT molecular complexity index is 867. The second-order valence-electron chi connectivity index (χ2n) is 6.87. The minimum absolute atomic E-state index is 0.000965. The Kier molecular flexibility index (Phi) is 5.87. The molecule has 1 aromatic heterocycles. The number of nitrogens with zero attached hydrogens (tertiary/aromatic N) is 4. The summed E-state index contributed by atoms with van der Waals surface area (Å²) in [6.07, 6.45) is 1.64. The van der Waals surface area contributed by atoms with E-state index in [1.165, 1.54) is 11.3 Å². The highest BCUT2D eigenvalue weighted by molar-refractivity contribution is 7.14. The van der Waals surface area contributed by atoms with Crippen LogP contribution in [-0.4, -0.2) is 34.3 Å². The molecule has 2 heterocycles. The van der Waals surface area contributed by atoms with Crippen molar-refractivity contribution >= 4 is 28.3 Å². The quantitative estimate of drug-likeness (QED) is 0.769. The SMILES string of the molecule is CC(C)N(Cc1ccc(C#N)cc1)C(=O)Cc1csc(N2CCCC2=O)n1. The first-order chi connectivity index (χ1) is 13.0. The number of carbonyl (C=O) groups is 2. The van der Waals surface area contributed by atoms with Gasteiger partial charge in [0.15, 0.2) is 5.13 Å². The van der Waals surface area contributed by atoms with Gasteiger partial charge in [-0.1, -0.05) is 12.1 Å². The summed E-state index contributed by atoms with van der Waals surface area (Å²) < 4.78 is 0. The molecule has 0 bridgehead atoms. The maximum atomic E-state index is 12.8. The summed E-state index contributed by atoms with van der Waals surface area (Å²) in [5.74, 6) is 0.103. The van der Waals surface area contributed by atoms with Crippen molar-refractivity contribution in [2.24, 2.45) is 0 Å². The van der Waals surface area contributed by atoms with Crippen LogP contribution in [0.2, 0.25) is 0 Å². The van der Waals surface area contributed by atoms with E-state index in [0.29, 0.717) is 35.9 Å². The first-order valence-corrected chi connectivity index (χ1v) is 9.89. The lowest BCUT2D eigenvalue weighted by Gasteiger charge is -2.26. The van der Waals surface area contributed by atoms with E-state index >= 15 is 0 Å². The van der Waals surface area contributed by atoms with Gasteiger partial charge in [0.1, 0.15) is 0 Å². The lowest BCUT2D eigenvalue weighted by molar-refractivity contribution is -0.132. The van der Waals surface area contributed by atoms with Crippen LogP contribution in [-0.2, 0) is 22.6 Å². The number of aromatic nitrogens is 1. The highest BCUT2D eigenvalue weighted by atomic mass is 32.1. The van der Waals surface area contributed by atoms with E-state index in [9.17, 15) is 9.59 Å². The molecule has 140 valence electrons. The van der Waals surface area contributed by atoms with Gasteiger partial charge in [0, 0.05) is 30.9 Å². The number of amides is 2. The van der Waals surface area contributed by atoms with Crippen molar-refractivity contribution in [2.45, 2.75) is 45.7 Å². The normalized spacial score (nSPS) is 13.9. The number of nitriles is 1. The van der Waals surface area contributed by atoms with Crippen LogP contribution in [0.15, 0.2) is 29.6 Å². The fraction of sp³-hybridized carbons (Fsp3) is 0.400. The molecule has 1 aliphatic heterocycles. The fourth-order valence-electron chi connectivity index (χ4n) is 3.05. The maximum Gasteiger partial charge on any atom is 0.229 e. The van der Waals surface area contributed by atoms with Crippen LogP contribution in [0.25, 0.3) is 0 Å². The van der Waals surface area contributed by atoms with E-state index in [2.05, 4.69) is 11.1 Å². The molecular weight excluding hydrogens is 360 g/mol. The number of anilines is 1. The van der Waals surface area contributed by atoms with Crippen LogP contribution in [0.4, 0.5) is 5.13 Å². The highest BCUT2D eigenvalue weighted by Gasteiger charge is 2.25. The molecule has 0 spiro atoms. The Morgan fingerprint density at radius 2 is 2.11 bits per heavy atom. The van der Waals surface area contributed by atoms with E-state index in [4.69, 9.17) is 5.26 Å². The molecule has 2 amide bonds. The predicted molar refractivity (Wildman–Crippen MR) is 104 cm³/mol. The van der Waals surface area contributed by atoms with Gasteiger partial charge >= 0.3 is 0 Å². The summed E-state index contributed by atoms with van der Waals surface area (Å²) in [6.45, 7) is 5.16. The highest BCUT2D eigenvalue weighted by Crippen LogP contribution is 2.25. The monoisotopic (exact) mass is 382 g/mol. The first kappa shape index (κ1) is 19.1. The lowest BCUT2D eigenvalue weighted by Crippen LogP contribution is -2.37. The summed E-state index contributed by atoms with van der Waals surface area (Å²) >= 11 is 1.41. The average molecular weight is 382 g/mol. The van der Waals surface area contributed by atoms with Gasteiger partial charge in [-0.25, -0.2) is 4.98 Å². The maximum absolute atomic E-state index is 12.8. The average Bonchev–Trinajstić information content (AvgIpc) is 3.28. The summed E-state index contributed by atoms with van der Waals surface area (Å²) in [7, 11) is 0. The molecule has 1 aliphatic rings. The standard InChI is InChI=1S/C20H22N4O2S/c1-14(2)24(12-16-7-5-15(11-21)6-8-16)19(26)10-17-13-27-20(22-17)23-9-3-4-18(23)25/h5-8,13-14H,3-4,9-10,12H2,1-2H3. The van der Waals surface area contributed by atoms with Crippen LogP contribution in [0.3, 0.4) is 0 Å².